The number of fused-ring (bicyclic) bond motifs is 1. The van der Waals surface area contributed by atoms with Crippen LogP contribution in [0.25, 0.3) is 0 Å². The van der Waals surface area contributed by atoms with Crippen molar-refractivity contribution in [1.82, 2.24) is 0 Å². The molecular weight excluding hydrogens is 256 g/mol. The van der Waals surface area contributed by atoms with Crippen molar-refractivity contribution in [2.45, 2.75) is 31.3 Å². The van der Waals surface area contributed by atoms with Gasteiger partial charge in [-0.05, 0) is 6.92 Å². The average molecular weight is 280 g/mol. The van der Waals surface area contributed by atoms with Crippen molar-refractivity contribution in [3.8, 4) is 0 Å². The Morgan fingerprint density at radius 3 is 2.65 bits per heavy atom. The maximum Gasteiger partial charge on any atom is 0.169 e. The van der Waals surface area contributed by atoms with Crippen molar-refractivity contribution >= 4 is 0 Å². The summed E-state index contributed by atoms with van der Waals surface area (Å²) in [5.74, 6) is -0.200. The van der Waals surface area contributed by atoms with Gasteiger partial charge in [0.25, 0.3) is 0 Å². The fourth-order valence-electron chi connectivity index (χ4n) is 4.88. The Labute approximate surface area is 120 Å². The predicted molar refractivity (Wildman–Crippen MR) is 75.0 cm³/mol. The van der Waals surface area contributed by atoms with Crippen LogP contribution >= 0.6 is 0 Å². The molecule has 1 N–H and O–H groups in total. The quantitative estimate of drug-likeness (QED) is 0.800. The number of hydrogen-bond acceptors (Lipinski definition) is 4. The maximum atomic E-state index is 11.3. The number of rotatable bonds is 3. The van der Waals surface area contributed by atoms with Gasteiger partial charge >= 0.3 is 0 Å². The third-order valence-electron chi connectivity index (χ3n) is 5.98. The molecule has 0 aromatic rings. The van der Waals surface area contributed by atoms with Crippen molar-refractivity contribution < 1.29 is 19.3 Å². The van der Waals surface area contributed by atoms with Crippen LogP contribution in [0.15, 0.2) is 24.8 Å². The van der Waals surface area contributed by atoms with E-state index in [1.807, 2.05) is 6.92 Å². The van der Waals surface area contributed by atoms with Crippen LogP contribution in [0.1, 0.15) is 13.8 Å². The molecule has 1 saturated carbocycles. The van der Waals surface area contributed by atoms with Crippen molar-refractivity contribution in [3.63, 3.8) is 0 Å². The smallest absolute Gasteiger partial charge is 0.169 e. The monoisotopic (exact) mass is 280 g/mol. The summed E-state index contributed by atoms with van der Waals surface area (Å²) in [5, 5.41) is 11.3. The highest BCUT2D eigenvalue weighted by Crippen LogP contribution is 2.64. The summed E-state index contributed by atoms with van der Waals surface area (Å²) in [4.78, 5) is 0. The highest BCUT2D eigenvalue weighted by atomic mass is 16.7. The van der Waals surface area contributed by atoms with E-state index in [0.29, 0.717) is 12.5 Å². The molecule has 2 bridgehead atoms. The molecule has 0 amide bonds. The van der Waals surface area contributed by atoms with Gasteiger partial charge in [0.1, 0.15) is 5.60 Å². The van der Waals surface area contributed by atoms with E-state index in [1.54, 1.807) is 20.3 Å². The molecule has 112 valence electrons. The van der Waals surface area contributed by atoms with Gasteiger partial charge in [-0.25, -0.2) is 0 Å². The van der Waals surface area contributed by atoms with Crippen LogP contribution in [-0.4, -0.2) is 43.4 Å². The molecule has 4 heteroatoms. The first-order valence-corrected chi connectivity index (χ1v) is 7.15. The average Bonchev–Trinajstić information content (AvgIpc) is 2.81. The van der Waals surface area contributed by atoms with Crippen molar-refractivity contribution in [1.29, 1.82) is 0 Å². The zero-order valence-electron chi connectivity index (χ0n) is 12.6. The van der Waals surface area contributed by atoms with Gasteiger partial charge in [-0.2, -0.15) is 0 Å². The van der Waals surface area contributed by atoms with E-state index in [4.69, 9.17) is 14.2 Å². The number of ether oxygens (including phenoxy) is 3. The molecule has 2 fully saturated rings. The van der Waals surface area contributed by atoms with Gasteiger partial charge in [-0.3, -0.25) is 0 Å². The largest absolute Gasteiger partial charge is 0.382 e. The summed E-state index contributed by atoms with van der Waals surface area (Å²) in [6, 6.07) is 0. The Morgan fingerprint density at radius 1 is 1.40 bits per heavy atom. The predicted octanol–water partition coefficient (Wildman–Crippen LogP) is 1.75. The maximum absolute atomic E-state index is 11.3. The van der Waals surface area contributed by atoms with E-state index in [1.165, 1.54) is 0 Å². The number of hydrogen-bond donors (Lipinski definition) is 1. The van der Waals surface area contributed by atoms with Gasteiger partial charge in [0.2, 0.25) is 0 Å². The summed E-state index contributed by atoms with van der Waals surface area (Å²) in [6.45, 7) is 8.51. The summed E-state index contributed by atoms with van der Waals surface area (Å²) in [7, 11) is 3.32. The van der Waals surface area contributed by atoms with E-state index >= 15 is 0 Å². The van der Waals surface area contributed by atoms with Crippen LogP contribution in [0.2, 0.25) is 0 Å². The molecule has 20 heavy (non-hydrogen) atoms. The minimum atomic E-state index is -1.12. The second-order valence-corrected chi connectivity index (χ2v) is 6.58. The fourth-order valence-corrected chi connectivity index (χ4v) is 4.88. The fraction of sp³-hybridized carbons (Fsp3) is 0.750. The Morgan fingerprint density at radius 2 is 2.10 bits per heavy atom. The lowest BCUT2D eigenvalue weighted by Gasteiger charge is -2.62. The third kappa shape index (κ3) is 1.36. The topological polar surface area (TPSA) is 47.9 Å². The lowest BCUT2D eigenvalue weighted by molar-refractivity contribution is -0.262. The lowest BCUT2D eigenvalue weighted by atomic mass is 9.46. The van der Waals surface area contributed by atoms with Crippen LogP contribution in [0.5, 0.6) is 0 Å². The van der Waals surface area contributed by atoms with E-state index < -0.39 is 16.8 Å². The molecule has 0 radical (unpaired) electrons. The van der Waals surface area contributed by atoms with E-state index in [0.717, 1.165) is 0 Å². The van der Waals surface area contributed by atoms with Gasteiger partial charge in [0.05, 0.1) is 12.7 Å². The molecule has 0 aromatic heterocycles. The highest BCUT2D eigenvalue weighted by molar-refractivity contribution is 5.34. The normalized spacial score (nSPS) is 56.9. The first kappa shape index (κ1) is 14.3. The van der Waals surface area contributed by atoms with Crippen LogP contribution in [-0.2, 0) is 14.2 Å². The van der Waals surface area contributed by atoms with E-state index in [9.17, 15) is 5.11 Å². The molecular formula is C16H24O4. The number of methoxy groups -OCH3 is 2. The second kappa shape index (κ2) is 4.17. The van der Waals surface area contributed by atoms with Crippen molar-refractivity contribution in [2.75, 3.05) is 20.8 Å². The van der Waals surface area contributed by atoms with Crippen molar-refractivity contribution in [3.05, 3.63) is 24.8 Å². The molecule has 1 aliphatic heterocycles. The molecule has 7 atom stereocenters. The highest BCUT2D eigenvalue weighted by Gasteiger charge is 2.71. The van der Waals surface area contributed by atoms with Gasteiger partial charge < -0.3 is 19.3 Å². The molecule has 4 aliphatic rings. The molecule has 1 heterocycles. The van der Waals surface area contributed by atoms with Crippen LogP contribution in [0.4, 0.5) is 0 Å². The summed E-state index contributed by atoms with van der Waals surface area (Å²) in [5.41, 5.74) is -1.63. The minimum absolute atomic E-state index is 0.0735. The molecule has 0 unspecified atom stereocenters. The zero-order chi connectivity index (χ0) is 14.8. The van der Waals surface area contributed by atoms with Gasteiger partial charge in [-0.1, -0.05) is 25.2 Å². The summed E-state index contributed by atoms with van der Waals surface area (Å²) >= 11 is 0. The van der Waals surface area contributed by atoms with E-state index in [-0.39, 0.29) is 17.9 Å². The minimum Gasteiger partial charge on any atom is -0.382 e. The van der Waals surface area contributed by atoms with Crippen LogP contribution in [0.3, 0.4) is 0 Å². The standard InChI is InChI=1S/C16H24O4/c1-6-16(17)13(18-4)10-7-8-14(16,2)12-11(10)9-20-15(12,3)19-5/h6-8,10-13,17H,1,9H2,2-5H3/t10-,11+,12+,13+,14-,15+,16+/m1/s1. The SMILES string of the molecule is C=C[C@]1(O)[C@@H](OC)[C@@H]2C=C[C@]1(C)[C@@H]1[C@H]2CO[C@]1(C)OC. The molecule has 1 saturated heterocycles. The van der Waals surface area contributed by atoms with Gasteiger partial charge in [-0.15, -0.1) is 6.58 Å². The van der Waals surface area contributed by atoms with E-state index in [2.05, 4.69) is 25.7 Å². The van der Waals surface area contributed by atoms with Gasteiger partial charge in [0.15, 0.2) is 5.79 Å². The Hall–Kier alpha value is -0.680. The zero-order valence-corrected chi connectivity index (χ0v) is 12.6. The van der Waals surface area contributed by atoms with Gasteiger partial charge in [0, 0.05) is 37.4 Å². The Kier molecular flexibility index (Phi) is 2.97. The van der Waals surface area contributed by atoms with Crippen molar-refractivity contribution in [2.24, 2.45) is 23.2 Å². The molecule has 0 spiro atoms. The first-order chi connectivity index (χ1) is 9.38. The molecule has 4 rings (SSSR count). The molecule has 4 nitrogen and oxygen atoms in total. The second-order valence-electron chi connectivity index (χ2n) is 6.58. The van der Waals surface area contributed by atoms with Crippen LogP contribution in [0, 0.1) is 23.2 Å². The third-order valence-corrected chi connectivity index (χ3v) is 5.98. The first-order valence-electron chi connectivity index (χ1n) is 7.15. The molecule has 0 aromatic carbocycles. The number of aliphatic hydroxyl groups is 1. The Balaban J connectivity index is 2.17. The molecule has 3 aliphatic carbocycles. The lowest BCUT2D eigenvalue weighted by Crippen LogP contribution is -2.70. The summed E-state index contributed by atoms with van der Waals surface area (Å²) < 4.78 is 17.2. The Bertz CT molecular complexity index is 461. The summed E-state index contributed by atoms with van der Waals surface area (Å²) in [6.07, 6.45) is 5.60. The van der Waals surface area contributed by atoms with Crippen LogP contribution < -0.4 is 0 Å².